The van der Waals surface area contributed by atoms with Gasteiger partial charge in [-0.15, -0.1) is 0 Å². The summed E-state index contributed by atoms with van der Waals surface area (Å²) in [4.78, 5) is 32.5. The predicted octanol–water partition coefficient (Wildman–Crippen LogP) is 2.03. The fourth-order valence-electron chi connectivity index (χ4n) is 4.59. The van der Waals surface area contributed by atoms with E-state index in [0.717, 1.165) is 42.8 Å². The number of urea groups is 1. The number of carbonyl (C=O) groups excluding carboxylic acids is 1. The summed E-state index contributed by atoms with van der Waals surface area (Å²) in [5.41, 5.74) is 0.856. The zero-order valence-corrected chi connectivity index (χ0v) is 15.8. The van der Waals surface area contributed by atoms with Crippen LogP contribution in [0.1, 0.15) is 18.7 Å². The highest BCUT2D eigenvalue weighted by atomic mass is 16.5. The molecule has 1 aliphatic heterocycles. The zero-order valence-electron chi connectivity index (χ0n) is 15.8. The molecule has 1 saturated heterocycles. The molecule has 10 heteroatoms. The first-order valence-corrected chi connectivity index (χ1v) is 9.45. The summed E-state index contributed by atoms with van der Waals surface area (Å²) in [5, 5.41) is 7.47. The van der Waals surface area contributed by atoms with E-state index in [1.165, 1.54) is 0 Å². The minimum atomic E-state index is -0.162. The molecule has 146 valence electrons. The molecule has 3 atom stereocenters. The van der Waals surface area contributed by atoms with Crippen LogP contribution in [0.25, 0.3) is 11.0 Å². The van der Waals surface area contributed by atoms with Gasteiger partial charge in [0.2, 0.25) is 5.89 Å². The van der Waals surface area contributed by atoms with Crippen molar-refractivity contribution in [2.24, 2.45) is 11.8 Å². The van der Waals surface area contributed by atoms with E-state index in [4.69, 9.17) is 4.52 Å². The molecule has 3 aromatic heterocycles. The molecule has 2 fully saturated rings. The molecule has 0 spiro atoms. The highest BCUT2D eigenvalue weighted by Crippen LogP contribution is 2.41. The fraction of sp³-hybridized carbons (Fsp3) is 0.500. The van der Waals surface area contributed by atoms with Gasteiger partial charge in [-0.1, -0.05) is 0 Å². The number of hydrogen-bond acceptors (Lipinski definition) is 7. The average Bonchev–Trinajstić information content (AvgIpc) is 3.43. The van der Waals surface area contributed by atoms with Crippen LogP contribution in [0, 0.1) is 18.8 Å². The Morgan fingerprint density at radius 1 is 1.32 bits per heavy atom. The van der Waals surface area contributed by atoms with Crippen molar-refractivity contribution >= 4 is 28.8 Å². The molecule has 0 aromatic carbocycles. The van der Waals surface area contributed by atoms with E-state index in [-0.39, 0.29) is 12.0 Å². The van der Waals surface area contributed by atoms with Crippen LogP contribution in [0.3, 0.4) is 0 Å². The molecule has 5 rings (SSSR count). The molecule has 0 radical (unpaired) electrons. The normalized spacial score (nSPS) is 23.9. The quantitative estimate of drug-likeness (QED) is 0.712. The van der Waals surface area contributed by atoms with Crippen LogP contribution < -0.4 is 10.2 Å². The van der Waals surface area contributed by atoms with E-state index in [0.29, 0.717) is 23.8 Å². The number of rotatable bonds is 3. The Bertz CT molecular complexity index is 1000. The number of fused-ring (bicyclic) bond motifs is 2. The smallest absolute Gasteiger partial charge is 0.324 e. The van der Waals surface area contributed by atoms with Gasteiger partial charge in [-0.3, -0.25) is 5.32 Å². The third-order valence-electron chi connectivity index (χ3n) is 5.97. The number of aromatic amines is 1. The van der Waals surface area contributed by atoms with Gasteiger partial charge < -0.3 is 19.3 Å². The summed E-state index contributed by atoms with van der Waals surface area (Å²) in [6.07, 6.45) is 5.58. The summed E-state index contributed by atoms with van der Waals surface area (Å²) in [6, 6.07) is 2.26. The first kappa shape index (κ1) is 17.0. The standard InChI is InChI=1S/C18H22N8O2/c1-10-22-17(24-28-10)23-18(27)26-7-11-5-13(6-12(11)8-26)25(2)16-14-3-4-19-15(14)20-9-21-16/h3-4,9,11-13H,5-8H2,1-2H3,(H,19,20,21)(H,23,24,27)/t11-,12+,13+. The van der Waals surface area contributed by atoms with Gasteiger partial charge in [0.25, 0.3) is 5.95 Å². The number of carbonyl (C=O) groups is 1. The number of anilines is 2. The van der Waals surface area contributed by atoms with Crippen molar-refractivity contribution in [1.82, 2.24) is 30.0 Å². The first-order chi connectivity index (χ1) is 13.6. The minimum absolute atomic E-state index is 0.162. The van der Waals surface area contributed by atoms with Crippen molar-refractivity contribution in [1.29, 1.82) is 0 Å². The number of H-pyrrole nitrogens is 1. The van der Waals surface area contributed by atoms with Gasteiger partial charge >= 0.3 is 6.03 Å². The number of aryl methyl sites for hydroxylation is 1. The van der Waals surface area contributed by atoms with Crippen LogP contribution in [-0.4, -0.2) is 62.2 Å². The van der Waals surface area contributed by atoms with E-state index in [9.17, 15) is 4.79 Å². The molecule has 0 bridgehead atoms. The summed E-state index contributed by atoms with van der Waals surface area (Å²) in [6.45, 7) is 3.19. The SMILES string of the molecule is Cc1nc(NC(=O)N2C[C@H]3C[C@H](N(C)c4ncnc5[nH]ccc45)C[C@H]3C2)no1. The fourth-order valence-corrected chi connectivity index (χ4v) is 4.59. The van der Waals surface area contributed by atoms with E-state index in [1.807, 2.05) is 17.2 Å². The van der Waals surface area contributed by atoms with Crippen LogP contribution in [0.4, 0.5) is 16.6 Å². The second kappa shape index (κ2) is 6.47. The van der Waals surface area contributed by atoms with Crippen molar-refractivity contribution < 1.29 is 9.32 Å². The lowest BCUT2D eigenvalue weighted by Gasteiger charge is -2.27. The number of hydrogen-bond donors (Lipinski definition) is 2. The summed E-state index contributed by atoms with van der Waals surface area (Å²) < 4.78 is 4.90. The van der Waals surface area contributed by atoms with Gasteiger partial charge in [0.05, 0.1) is 5.39 Å². The second-order valence-corrected chi connectivity index (χ2v) is 7.67. The highest BCUT2D eigenvalue weighted by molar-refractivity contribution is 5.88. The summed E-state index contributed by atoms with van der Waals surface area (Å²) >= 11 is 0. The Morgan fingerprint density at radius 2 is 2.11 bits per heavy atom. The second-order valence-electron chi connectivity index (χ2n) is 7.67. The Labute approximate surface area is 161 Å². The number of likely N-dealkylation sites (tertiary alicyclic amines) is 1. The molecule has 1 saturated carbocycles. The van der Waals surface area contributed by atoms with Crippen LogP contribution in [0.5, 0.6) is 0 Å². The van der Waals surface area contributed by atoms with E-state index >= 15 is 0 Å². The van der Waals surface area contributed by atoms with Crippen LogP contribution in [0.15, 0.2) is 23.1 Å². The largest absolute Gasteiger partial charge is 0.356 e. The molecule has 1 aliphatic carbocycles. The third-order valence-corrected chi connectivity index (χ3v) is 5.97. The van der Waals surface area contributed by atoms with Gasteiger partial charge in [-0.25, -0.2) is 14.8 Å². The van der Waals surface area contributed by atoms with Crippen LogP contribution >= 0.6 is 0 Å². The van der Waals surface area contributed by atoms with E-state index < -0.39 is 0 Å². The predicted molar refractivity (Wildman–Crippen MR) is 102 cm³/mol. The third kappa shape index (κ3) is 2.85. The minimum Gasteiger partial charge on any atom is -0.356 e. The van der Waals surface area contributed by atoms with Crippen LogP contribution in [0.2, 0.25) is 0 Å². The molecule has 28 heavy (non-hydrogen) atoms. The van der Waals surface area contributed by atoms with Crippen molar-refractivity contribution in [3.05, 3.63) is 24.5 Å². The maximum atomic E-state index is 12.5. The number of amides is 2. The Kier molecular flexibility index (Phi) is 3.92. The van der Waals surface area contributed by atoms with Crippen LogP contribution in [-0.2, 0) is 0 Å². The maximum Gasteiger partial charge on any atom is 0.324 e. The topological polar surface area (TPSA) is 116 Å². The molecule has 2 amide bonds. The van der Waals surface area contributed by atoms with Gasteiger partial charge in [0.15, 0.2) is 0 Å². The lowest BCUT2D eigenvalue weighted by atomic mass is 10.0. The van der Waals surface area contributed by atoms with Gasteiger partial charge in [-0.05, 0) is 35.9 Å². The molecular weight excluding hydrogens is 360 g/mol. The molecule has 3 aromatic rings. The molecule has 10 nitrogen and oxygen atoms in total. The summed E-state index contributed by atoms with van der Waals surface area (Å²) in [5.74, 6) is 2.60. The monoisotopic (exact) mass is 382 g/mol. The number of nitrogens with zero attached hydrogens (tertiary/aromatic N) is 6. The lowest BCUT2D eigenvalue weighted by Crippen LogP contribution is -2.36. The molecule has 0 unspecified atom stereocenters. The van der Waals surface area contributed by atoms with E-state index in [1.54, 1.807) is 13.3 Å². The van der Waals surface area contributed by atoms with Crippen molar-refractivity contribution in [2.45, 2.75) is 25.8 Å². The van der Waals surface area contributed by atoms with E-state index in [2.05, 4.69) is 42.4 Å². The Morgan fingerprint density at radius 3 is 2.82 bits per heavy atom. The lowest BCUT2D eigenvalue weighted by molar-refractivity contribution is 0.218. The molecule has 2 N–H and O–H groups in total. The van der Waals surface area contributed by atoms with Gasteiger partial charge in [0, 0.05) is 39.3 Å². The first-order valence-electron chi connectivity index (χ1n) is 9.45. The Balaban J connectivity index is 1.23. The van der Waals surface area contributed by atoms with Gasteiger partial charge in [0.1, 0.15) is 17.8 Å². The molecular formula is C18H22N8O2. The maximum absolute atomic E-state index is 12.5. The van der Waals surface area contributed by atoms with Crippen molar-refractivity contribution in [3.8, 4) is 0 Å². The summed E-state index contributed by atoms with van der Waals surface area (Å²) in [7, 11) is 2.10. The zero-order chi connectivity index (χ0) is 19.3. The highest BCUT2D eigenvalue weighted by Gasteiger charge is 2.44. The number of nitrogens with one attached hydrogen (secondary N) is 2. The van der Waals surface area contributed by atoms with Gasteiger partial charge in [-0.2, -0.15) is 4.98 Å². The number of aromatic nitrogens is 5. The van der Waals surface area contributed by atoms with Crippen molar-refractivity contribution in [3.63, 3.8) is 0 Å². The van der Waals surface area contributed by atoms with Crippen molar-refractivity contribution in [2.75, 3.05) is 30.4 Å². The average molecular weight is 382 g/mol. The molecule has 4 heterocycles. The molecule has 2 aliphatic rings. The Hall–Kier alpha value is -3.17.